The van der Waals surface area contributed by atoms with Crippen LogP contribution in [-0.2, 0) is 0 Å². The Kier molecular flexibility index (Phi) is 3.39. The molecule has 0 aliphatic heterocycles. The number of aliphatic hydroxyl groups is 1. The van der Waals surface area contributed by atoms with E-state index < -0.39 is 11.0 Å². The van der Waals surface area contributed by atoms with Gasteiger partial charge in [0.25, 0.3) is 5.69 Å². The van der Waals surface area contributed by atoms with Crippen molar-refractivity contribution in [3.63, 3.8) is 0 Å². The van der Waals surface area contributed by atoms with E-state index in [1.165, 1.54) is 6.07 Å². The van der Waals surface area contributed by atoms with Crippen LogP contribution < -0.4 is 0 Å². The van der Waals surface area contributed by atoms with Gasteiger partial charge in [0.1, 0.15) is 0 Å². The van der Waals surface area contributed by atoms with Crippen molar-refractivity contribution in [2.75, 3.05) is 5.33 Å². The number of nitrogens with zero attached hydrogens (tertiary/aromatic N) is 1. The second kappa shape index (κ2) is 4.34. The predicted octanol–water partition coefficient (Wildman–Crippen LogP) is 2.02. The molecule has 0 saturated heterocycles. The Balaban J connectivity index is 3.11. The summed E-state index contributed by atoms with van der Waals surface area (Å²) in [5, 5.41) is 20.2. The molecule has 70 valence electrons. The lowest BCUT2D eigenvalue weighted by molar-refractivity contribution is -0.386. The van der Waals surface area contributed by atoms with Gasteiger partial charge in [-0.2, -0.15) is 0 Å². The Morgan fingerprint density at radius 2 is 2.15 bits per heavy atom. The number of rotatable bonds is 3. The number of benzene rings is 1. The van der Waals surface area contributed by atoms with Gasteiger partial charge in [-0.15, -0.1) is 0 Å². The van der Waals surface area contributed by atoms with Gasteiger partial charge in [0, 0.05) is 11.4 Å². The number of hydrogen-bond acceptors (Lipinski definition) is 3. The zero-order chi connectivity index (χ0) is 9.84. The lowest BCUT2D eigenvalue weighted by Gasteiger charge is -2.06. The van der Waals surface area contributed by atoms with Crippen LogP contribution in [0.4, 0.5) is 5.69 Å². The molecule has 0 spiro atoms. The molecule has 1 atom stereocenters. The highest BCUT2D eigenvalue weighted by Gasteiger charge is 2.17. The average molecular weight is 246 g/mol. The van der Waals surface area contributed by atoms with Crippen LogP contribution in [0.25, 0.3) is 0 Å². The largest absolute Gasteiger partial charge is 0.387 e. The summed E-state index contributed by atoms with van der Waals surface area (Å²) in [7, 11) is 0. The molecule has 1 rings (SSSR count). The molecule has 13 heavy (non-hydrogen) atoms. The first-order valence-electron chi connectivity index (χ1n) is 3.64. The maximum absolute atomic E-state index is 10.5. The minimum Gasteiger partial charge on any atom is -0.387 e. The standard InChI is InChI=1S/C8H8BrNO3/c9-5-8(11)6-3-1-2-4-7(6)10(12)13/h1-4,8,11H,5H2/t8-/m1/s1. The molecule has 0 aliphatic rings. The van der Waals surface area contributed by atoms with Crippen LogP contribution in [0.2, 0.25) is 0 Å². The van der Waals surface area contributed by atoms with E-state index in [0.29, 0.717) is 5.56 Å². The third-order valence-corrected chi connectivity index (χ3v) is 2.25. The minimum absolute atomic E-state index is 0.0468. The number of nitro groups is 1. The lowest BCUT2D eigenvalue weighted by Crippen LogP contribution is -2.02. The van der Waals surface area contributed by atoms with Crippen molar-refractivity contribution in [3.8, 4) is 0 Å². The number of alkyl halides is 1. The molecule has 0 amide bonds. The number of aliphatic hydroxyl groups excluding tert-OH is 1. The van der Waals surface area contributed by atoms with Crippen LogP contribution in [0.5, 0.6) is 0 Å². The summed E-state index contributed by atoms with van der Waals surface area (Å²) in [6.45, 7) is 0. The zero-order valence-corrected chi connectivity index (χ0v) is 8.27. The molecule has 0 aromatic heterocycles. The quantitative estimate of drug-likeness (QED) is 0.504. The van der Waals surface area contributed by atoms with E-state index in [9.17, 15) is 15.2 Å². The van der Waals surface area contributed by atoms with E-state index >= 15 is 0 Å². The molecule has 0 heterocycles. The normalized spacial score (nSPS) is 12.5. The van der Waals surface area contributed by atoms with Crippen LogP contribution in [0, 0.1) is 10.1 Å². The smallest absolute Gasteiger partial charge is 0.275 e. The minimum atomic E-state index is -0.832. The van der Waals surface area contributed by atoms with Crippen molar-refractivity contribution < 1.29 is 10.0 Å². The Morgan fingerprint density at radius 1 is 1.54 bits per heavy atom. The van der Waals surface area contributed by atoms with Gasteiger partial charge in [0.05, 0.1) is 16.6 Å². The number of nitro benzene ring substituents is 1. The summed E-state index contributed by atoms with van der Waals surface area (Å²) >= 11 is 3.06. The van der Waals surface area contributed by atoms with Gasteiger partial charge in [0.15, 0.2) is 0 Å². The summed E-state index contributed by atoms with van der Waals surface area (Å²) in [5.41, 5.74) is 0.291. The first-order valence-corrected chi connectivity index (χ1v) is 4.76. The van der Waals surface area contributed by atoms with Crippen LogP contribution in [-0.4, -0.2) is 15.4 Å². The second-order valence-corrected chi connectivity index (χ2v) is 3.13. The maximum atomic E-state index is 10.5. The van der Waals surface area contributed by atoms with Gasteiger partial charge in [-0.1, -0.05) is 28.1 Å². The average Bonchev–Trinajstić information content (AvgIpc) is 2.16. The Hall–Kier alpha value is -0.940. The number of halogens is 1. The van der Waals surface area contributed by atoms with Gasteiger partial charge in [-0.3, -0.25) is 10.1 Å². The van der Waals surface area contributed by atoms with Crippen molar-refractivity contribution in [3.05, 3.63) is 39.9 Å². The molecule has 0 fully saturated rings. The summed E-state index contributed by atoms with van der Waals surface area (Å²) in [6, 6.07) is 6.15. The van der Waals surface area contributed by atoms with Gasteiger partial charge in [0.2, 0.25) is 0 Å². The summed E-state index contributed by atoms with van der Waals surface area (Å²) in [6.07, 6.45) is -0.832. The highest BCUT2D eigenvalue weighted by molar-refractivity contribution is 9.09. The van der Waals surface area contributed by atoms with E-state index in [1.54, 1.807) is 18.2 Å². The van der Waals surface area contributed by atoms with Gasteiger partial charge in [-0.25, -0.2) is 0 Å². The molecule has 1 aromatic carbocycles. The van der Waals surface area contributed by atoms with Gasteiger partial charge >= 0.3 is 0 Å². The first-order chi connectivity index (χ1) is 6.16. The third-order valence-electron chi connectivity index (χ3n) is 1.64. The molecule has 0 saturated carbocycles. The Bertz CT molecular complexity index is 316. The molecular formula is C8H8BrNO3. The molecule has 0 aliphatic carbocycles. The third kappa shape index (κ3) is 2.26. The summed E-state index contributed by atoms with van der Waals surface area (Å²) in [5.74, 6) is 0. The van der Waals surface area contributed by atoms with Crippen LogP contribution in [0.3, 0.4) is 0 Å². The van der Waals surface area contributed by atoms with Crippen molar-refractivity contribution in [1.29, 1.82) is 0 Å². The Morgan fingerprint density at radius 3 is 2.69 bits per heavy atom. The van der Waals surface area contributed by atoms with Crippen molar-refractivity contribution >= 4 is 21.6 Å². The van der Waals surface area contributed by atoms with Gasteiger partial charge in [-0.05, 0) is 6.07 Å². The molecule has 1 aromatic rings. The van der Waals surface area contributed by atoms with Crippen LogP contribution >= 0.6 is 15.9 Å². The fourth-order valence-corrected chi connectivity index (χ4v) is 1.37. The van der Waals surface area contributed by atoms with E-state index in [4.69, 9.17) is 0 Å². The highest BCUT2D eigenvalue weighted by atomic mass is 79.9. The zero-order valence-electron chi connectivity index (χ0n) is 6.68. The number of para-hydroxylation sites is 1. The van der Waals surface area contributed by atoms with E-state index in [1.807, 2.05) is 0 Å². The summed E-state index contributed by atoms with van der Waals surface area (Å²) in [4.78, 5) is 10.0. The van der Waals surface area contributed by atoms with Gasteiger partial charge < -0.3 is 5.11 Å². The monoisotopic (exact) mass is 245 g/mol. The molecule has 4 nitrogen and oxygen atoms in total. The van der Waals surface area contributed by atoms with E-state index in [-0.39, 0.29) is 11.0 Å². The molecule has 0 radical (unpaired) electrons. The Labute approximate surface area is 83.5 Å². The lowest BCUT2D eigenvalue weighted by atomic mass is 10.1. The fourth-order valence-electron chi connectivity index (χ4n) is 1.02. The van der Waals surface area contributed by atoms with E-state index in [2.05, 4.69) is 15.9 Å². The fraction of sp³-hybridized carbons (Fsp3) is 0.250. The SMILES string of the molecule is O=[N+]([O-])c1ccccc1[C@H](O)CBr. The highest BCUT2D eigenvalue weighted by Crippen LogP contribution is 2.25. The molecular weight excluding hydrogens is 238 g/mol. The van der Waals surface area contributed by atoms with Crippen molar-refractivity contribution in [2.45, 2.75) is 6.10 Å². The second-order valence-electron chi connectivity index (χ2n) is 2.49. The van der Waals surface area contributed by atoms with Crippen molar-refractivity contribution in [1.82, 2.24) is 0 Å². The molecule has 0 bridgehead atoms. The number of hydrogen-bond donors (Lipinski definition) is 1. The topological polar surface area (TPSA) is 63.4 Å². The summed E-state index contributed by atoms with van der Waals surface area (Å²) < 4.78 is 0. The molecule has 0 unspecified atom stereocenters. The molecule has 5 heteroatoms. The maximum Gasteiger partial charge on any atom is 0.275 e. The first kappa shape index (κ1) is 10.1. The van der Waals surface area contributed by atoms with Crippen LogP contribution in [0.1, 0.15) is 11.7 Å². The predicted molar refractivity (Wildman–Crippen MR) is 51.9 cm³/mol. The van der Waals surface area contributed by atoms with Crippen LogP contribution in [0.15, 0.2) is 24.3 Å². The van der Waals surface area contributed by atoms with Crippen molar-refractivity contribution in [2.24, 2.45) is 0 Å². The molecule has 1 N–H and O–H groups in total. The van der Waals surface area contributed by atoms with E-state index in [0.717, 1.165) is 0 Å².